The van der Waals surface area contributed by atoms with E-state index in [0.717, 1.165) is 10.4 Å². The summed E-state index contributed by atoms with van der Waals surface area (Å²) < 4.78 is 5.05. The standard InChI is InChI=1S/C18H20N2O3S/c1-12(15-7-4-10-24-15)19-17(21)14-6-3-5-13-11-20(8-9-23-2)18(22)16(13)14/h3-7,10,12H,8-9,11H2,1-2H3,(H,19,21)/t12-/m0/s1. The minimum atomic E-state index is -0.213. The van der Waals surface area contributed by atoms with Gasteiger partial charge >= 0.3 is 0 Å². The van der Waals surface area contributed by atoms with Gasteiger partial charge < -0.3 is 15.0 Å². The number of thiophene rings is 1. The fourth-order valence-electron chi connectivity index (χ4n) is 2.87. The van der Waals surface area contributed by atoms with Crippen molar-refractivity contribution in [1.82, 2.24) is 10.2 Å². The van der Waals surface area contributed by atoms with Gasteiger partial charge in [-0.25, -0.2) is 0 Å². The third kappa shape index (κ3) is 3.20. The van der Waals surface area contributed by atoms with Crippen molar-refractivity contribution in [3.63, 3.8) is 0 Å². The Hall–Kier alpha value is -2.18. The number of rotatable bonds is 6. The molecule has 2 aromatic rings. The molecular weight excluding hydrogens is 324 g/mol. The van der Waals surface area contributed by atoms with Gasteiger partial charge in [0, 0.05) is 25.1 Å². The monoisotopic (exact) mass is 344 g/mol. The number of hydrogen-bond acceptors (Lipinski definition) is 4. The van der Waals surface area contributed by atoms with Gasteiger partial charge in [0.25, 0.3) is 11.8 Å². The van der Waals surface area contributed by atoms with Crippen LogP contribution in [0.1, 0.15) is 44.1 Å². The summed E-state index contributed by atoms with van der Waals surface area (Å²) in [6, 6.07) is 9.31. The molecule has 0 saturated carbocycles. The van der Waals surface area contributed by atoms with Crippen molar-refractivity contribution in [3.8, 4) is 0 Å². The fraction of sp³-hybridized carbons (Fsp3) is 0.333. The molecule has 126 valence electrons. The molecule has 2 amide bonds. The molecule has 3 rings (SSSR count). The Balaban J connectivity index is 1.80. The van der Waals surface area contributed by atoms with Crippen LogP contribution in [0, 0.1) is 0 Å². The molecule has 0 saturated heterocycles. The van der Waals surface area contributed by atoms with E-state index in [1.54, 1.807) is 29.4 Å². The van der Waals surface area contributed by atoms with Gasteiger partial charge in [-0.2, -0.15) is 0 Å². The lowest BCUT2D eigenvalue weighted by Gasteiger charge is -2.15. The lowest BCUT2D eigenvalue weighted by atomic mass is 10.0. The number of nitrogens with zero attached hydrogens (tertiary/aromatic N) is 1. The van der Waals surface area contributed by atoms with E-state index in [2.05, 4.69) is 5.32 Å². The zero-order valence-corrected chi connectivity index (χ0v) is 14.6. The molecular formula is C18H20N2O3S. The van der Waals surface area contributed by atoms with Crippen molar-refractivity contribution in [2.75, 3.05) is 20.3 Å². The van der Waals surface area contributed by atoms with Crippen LogP contribution in [-0.4, -0.2) is 37.0 Å². The maximum Gasteiger partial charge on any atom is 0.255 e. The highest BCUT2D eigenvalue weighted by atomic mass is 32.1. The van der Waals surface area contributed by atoms with E-state index in [9.17, 15) is 9.59 Å². The minimum absolute atomic E-state index is 0.0885. The molecule has 0 fully saturated rings. The summed E-state index contributed by atoms with van der Waals surface area (Å²) in [5.41, 5.74) is 1.86. The van der Waals surface area contributed by atoms with Crippen LogP contribution in [0.25, 0.3) is 0 Å². The van der Waals surface area contributed by atoms with E-state index in [0.29, 0.717) is 30.8 Å². The Bertz CT molecular complexity index is 743. The van der Waals surface area contributed by atoms with Crippen LogP contribution in [0.5, 0.6) is 0 Å². The van der Waals surface area contributed by atoms with Crippen molar-refractivity contribution < 1.29 is 14.3 Å². The van der Waals surface area contributed by atoms with Gasteiger partial charge in [-0.1, -0.05) is 18.2 Å². The lowest BCUT2D eigenvalue weighted by Crippen LogP contribution is -2.30. The molecule has 5 nitrogen and oxygen atoms in total. The van der Waals surface area contributed by atoms with Gasteiger partial charge in [-0.05, 0) is 30.0 Å². The van der Waals surface area contributed by atoms with E-state index in [1.807, 2.05) is 36.6 Å². The van der Waals surface area contributed by atoms with E-state index in [-0.39, 0.29) is 17.9 Å². The first-order chi connectivity index (χ1) is 11.6. The van der Waals surface area contributed by atoms with Gasteiger partial charge in [0.1, 0.15) is 0 Å². The maximum atomic E-state index is 12.7. The highest BCUT2D eigenvalue weighted by Crippen LogP contribution is 2.27. The quantitative estimate of drug-likeness (QED) is 0.877. The summed E-state index contributed by atoms with van der Waals surface area (Å²) in [6.07, 6.45) is 0. The molecule has 2 heterocycles. The van der Waals surface area contributed by atoms with Crippen molar-refractivity contribution in [1.29, 1.82) is 0 Å². The predicted octanol–water partition coefficient (Wildman–Crippen LogP) is 2.84. The number of hydrogen-bond donors (Lipinski definition) is 1. The second-order valence-corrected chi connectivity index (χ2v) is 6.75. The van der Waals surface area contributed by atoms with Crippen molar-refractivity contribution in [2.24, 2.45) is 0 Å². The highest BCUT2D eigenvalue weighted by Gasteiger charge is 2.31. The summed E-state index contributed by atoms with van der Waals surface area (Å²) in [4.78, 5) is 28.1. The number of nitrogens with one attached hydrogen (secondary N) is 1. The van der Waals surface area contributed by atoms with Crippen LogP contribution in [0.3, 0.4) is 0 Å². The van der Waals surface area contributed by atoms with E-state index >= 15 is 0 Å². The third-order valence-corrected chi connectivity index (χ3v) is 5.20. The Labute approximate surface area is 145 Å². The largest absolute Gasteiger partial charge is 0.383 e. The van der Waals surface area contributed by atoms with E-state index in [1.165, 1.54) is 0 Å². The number of carbonyl (C=O) groups excluding carboxylic acids is 2. The van der Waals surface area contributed by atoms with Crippen molar-refractivity contribution >= 4 is 23.2 Å². The zero-order chi connectivity index (χ0) is 17.1. The Kier molecular flexibility index (Phi) is 4.97. The van der Waals surface area contributed by atoms with Crippen molar-refractivity contribution in [3.05, 3.63) is 57.3 Å². The molecule has 0 unspecified atom stereocenters. The number of methoxy groups -OCH3 is 1. The molecule has 0 bridgehead atoms. The Morgan fingerprint density at radius 1 is 1.38 bits per heavy atom. The fourth-order valence-corrected chi connectivity index (χ4v) is 3.61. The summed E-state index contributed by atoms with van der Waals surface area (Å²) in [5, 5.41) is 4.96. The Morgan fingerprint density at radius 2 is 2.21 bits per heavy atom. The SMILES string of the molecule is COCCN1Cc2cccc(C(=O)N[C@@H](C)c3cccs3)c2C1=O. The average molecular weight is 344 g/mol. The van der Waals surface area contributed by atoms with E-state index < -0.39 is 0 Å². The first kappa shape index (κ1) is 16.7. The molecule has 6 heteroatoms. The molecule has 24 heavy (non-hydrogen) atoms. The predicted molar refractivity (Wildman–Crippen MR) is 93.3 cm³/mol. The number of carbonyl (C=O) groups is 2. The first-order valence-corrected chi connectivity index (χ1v) is 8.74. The molecule has 1 aromatic heterocycles. The minimum Gasteiger partial charge on any atom is -0.383 e. The van der Waals surface area contributed by atoms with Crippen LogP contribution in [0.15, 0.2) is 35.7 Å². The highest BCUT2D eigenvalue weighted by molar-refractivity contribution is 7.10. The molecule has 1 aliphatic rings. The van der Waals surface area contributed by atoms with Crippen molar-refractivity contribution in [2.45, 2.75) is 19.5 Å². The Morgan fingerprint density at radius 3 is 2.92 bits per heavy atom. The van der Waals surface area contributed by atoms with Gasteiger partial charge in [0.15, 0.2) is 0 Å². The van der Waals surface area contributed by atoms with Crippen LogP contribution in [-0.2, 0) is 11.3 Å². The van der Waals surface area contributed by atoms with Crippen LogP contribution >= 0.6 is 11.3 Å². The zero-order valence-electron chi connectivity index (χ0n) is 13.7. The topological polar surface area (TPSA) is 58.6 Å². The van der Waals surface area contributed by atoms with Gasteiger partial charge in [-0.3, -0.25) is 9.59 Å². The molecule has 0 radical (unpaired) electrons. The summed E-state index contributed by atoms with van der Waals surface area (Å²) in [7, 11) is 1.61. The first-order valence-electron chi connectivity index (χ1n) is 7.86. The number of ether oxygens (including phenoxy) is 1. The van der Waals surface area contributed by atoms with Crippen LogP contribution in [0.4, 0.5) is 0 Å². The molecule has 0 aliphatic carbocycles. The normalized spacial score (nSPS) is 14.6. The lowest BCUT2D eigenvalue weighted by molar-refractivity contribution is 0.0715. The average Bonchev–Trinajstić information content (AvgIpc) is 3.21. The maximum absolute atomic E-state index is 12.7. The summed E-state index contributed by atoms with van der Waals surface area (Å²) in [5.74, 6) is -0.314. The molecule has 0 spiro atoms. The van der Waals surface area contributed by atoms with Gasteiger partial charge in [0.2, 0.25) is 0 Å². The van der Waals surface area contributed by atoms with Gasteiger partial charge in [-0.15, -0.1) is 11.3 Å². The second kappa shape index (κ2) is 7.15. The summed E-state index contributed by atoms with van der Waals surface area (Å²) >= 11 is 1.60. The molecule has 1 aliphatic heterocycles. The second-order valence-electron chi connectivity index (χ2n) is 5.77. The van der Waals surface area contributed by atoms with E-state index in [4.69, 9.17) is 4.74 Å². The molecule has 1 aromatic carbocycles. The number of fused-ring (bicyclic) bond motifs is 1. The smallest absolute Gasteiger partial charge is 0.255 e. The molecule has 1 N–H and O–H groups in total. The molecule has 1 atom stereocenters. The van der Waals surface area contributed by atoms with Crippen LogP contribution in [0.2, 0.25) is 0 Å². The number of benzene rings is 1. The number of amides is 2. The van der Waals surface area contributed by atoms with Crippen LogP contribution < -0.4 is 5.32 Å². The summed E-state index contributed by atoms with van der Waals surface area (Å²) in [6.45, 7) is 3.48. The third-order valence-electron chi connectivity index (χ3n) is 4.14. The van der Waals surface area contributed by atoms with Gasteiger partial charge in [0.05, 0.1) is 23.8 Å².